The molecular formula is C58H113NO8. The van der Waals surface area contributed by atoms with Crippen LogP contribution < -0.4 is 5.32 Å². The van der Waals surface area contributed by atoms with E-state index >= 15 is 0 Å². The molecule has 1 aliphatic rings. The number of carbonyl (C=O) groups is 1. The maximum atomic E-state index is 13.1. The Labute approximate surface area is 414 Å². The number of aliphatic hydroxyl groups is 5. The van der Waals surface area contributed by atoms with E-state index in [4.69, 9.17) is 9.47 Å². The van der Waals surface area contributed by atoms with Gasteiger partial charge in [0.1, 0.15) is 24.4 Å². The van der Waals surface area contributed by atoms with E-state index in [0.29, 0.717) is 6.42 Å². The minimum Gasteiger partial charge on any atom is -0.394 e. The lowest BCUT2D eigenvalue weighted by Gasteiger charge is -2.40. The van der Waals surface area contributed by atoms with Crippen molar-refractivity contribution in [1.29, 1.82) is 0 Å². The molecule has 9 heteroatoms. The number of hydrogen-bond donors (Lipinski definition) is 6. The number of rotatable bonds is 51. The smallest absolute Gasteiger partial charge is 0.220 e. The molecule has 0 aromatic carbocycles. The van der Waals surface area contributed by atoms with Crippen LogP contribution in [0.15, 0.2) is 12.2 Å². The SMILES string of the molecule is CCCCCCCCCCCCCCCCCCCC/C=C/C(O)C(COC1OC(CO)C(O)C(O)C1O)NC(=O)CCCCCCCCCCCCCCCCCCCCCCCCCC. The van der Waals surface area contributed by atoms with Gasteiger partial charge in [-0.15, -0.1) is 0 Å². The number of ether oxygens (including phenoxy) is 2. The Balaban J connectivity index is 2.20. The minimum absolute atomic E-state index is 0.169. The Morgan fingerprint density at radius 1 is 0.493 bits per heavy atom. The first kappa shape index (κ1) is 63.9. The van der Waals surface area contributed by atoms with Crippen LogP contribution in [0.25, 0.3) is 0 Å². The summed E-state index contributed by atoms with van der Waals surface area (Å²) in [6.07, 6.45) is 52.8. The average molecular weight is 953 g/mol. The van der Waals surface area contributed by atoms with Crippen LogP contribution >= 0.6 is 0 Å². The summed E-state index contributed by atoms with van der Waals surface area (Å²) >= 11 is 0. The first-order valence-corrected chi connectivity index (χ1v) is 29.4. The second kappa shape index (κ2) is 48.6. The Morgan fingerprint density at radius 2 is 0.821 bits per heavy atom. The van der Waals surface area contributed by atoms with Crippen molar-refractivity contribution in [1.82, 2.24) is 5.32 Å². The molecule has 0 spiro atoms. The van der Waals surface area contributed by atoms with Crippen molar-refractivity contribution in [2.45, 2.75) is 339 Å². The average Bonchev–Trinajstić information content (AvgIpc) is 3.33. The summed E-state index contributed by atoms with van der Waals surface area (Å²) < 4.78 is 11.3. The number of nitrogens with one attached hydrogen (secondary N) is 1. The monoisotopic (exact) mass is 952 g/mol. The lowest BCUT2D eigenvalue weighted by atomic mass is 9.99. The van der Waals surface area contributed by atoms with Crippen LogP contribution in [0.5, 0.6) is 0 Å². The zero-order valence-electron chi connectivity index (χ0n) is 44.2. The molecule has 398 valence electrons. The third-order valence-corrected chi connectivity index (χ3v) is 14.4. The van der Waals surface area contributed by atoms with Gasteiger partial charge in [-0.05, 0) is 19.3 Å². The van der Waals surface area contributed by atoms with Gasteiger partial charge in [0.2, 0.25) is 5.91 Å². The maximum Gasteiger partial charge on any atom is 0.220 e. The minimum atomic E-state index is -1.56. The zero-order valence-corrected chi connectivity index (χ0v) is 44.2. The van der Waals surface area contributed by atoms with Gasteiger partial charge in [-0.25, -0.2) is 0 Å². The van der Waals surface area contributed by atoms with Crippen molar-refractivity contribution in [3.05, 3.63) is 12.2 Å². The van der Waals surface area contributed by atoms with Crippen molar-refractivity contribution in [2.75, 3.05) is 13.2 Å². The van der Waals surface area contributed by atoms with Crippen molar-refractivity contribution in [2.24, 2.45) is 0 Å². The van der Waals surface area contributed by atoms with Gasteiger partial charge >= 0.3 is 0 Å². The van der Waals surface area contributed by atoms with Crippen LogP contribution in [-0.4, -0.2) is 87.5 Å². The van der Waals surface area contributed by atoms with E-state index in [1.165, 1.54) is 238 Å². The Kier molecular flexibility index (Phi) is 46.3. The van der Waals surface area contributed by atoms with Gasteiger partial charge in [0.25, 0.3) is 0 Å². The molecule has 0 aromatic rings. The first-order valence-electron chi connectivity index (χ1n) is 29.4. The summed E-state index contributed by atoms with van der Waals surface area (Å²) in [7, 11) is 0. The highest BCUT2D eigenvalue weighted by atomic mass is 16.7. The number of carbonyl (C=O) groups excluding carboxylic acids is 1. The predicted octanol–water partition coefficient (Wildman–Crippen LogP) is 14.4. The number of aliphatic hydroxyl groups excluding tert-OH is 5. The predicted molar refractivity (Wildman–Crippen MR) is 281 cm³/mol. The number of unbranched alkanes of at least 4 members (excludes halogenated alkanes) is 41. The molecule has 0 radical (unpaired) electrons. The highest BCUT2D eigenvalue weighted by molar-refractivity contribution is 5.76. The van der Waals surface area contributed by atoms with Crippen molar-refractivity contribution < 1.29 is 39.8 Å². The van der Waals surface area contributed by atoms with Crippen molar-refractivity contribution >= 4 is 5.91 Å². The second-order valence-corrected chi connectivity index (χ2v) is 20.8. The topological polar surface area (TPSA) is 149 Å². The summed E-state index contributed by atoms with van der Waals surface area (Å²) in [4.78, 5) is 13.1. The van der Waals surface area contributed by atoms with E-state index in [1.54, 1.807) is 6.08 Å². The standard InChI is InChI=1S/C58H113NO8/c1-3-5-7-9-11-13-15-17-19-21-23-25-26-27-28-30-32-34-36-38-40-42-44-46-48-54(62)59-51(50-66-58-57(65)56(64)55(63)53(49-60)67-58)52(61)47-45-43-41-39-37-35-33-31-29-24-22-20-18-16-14-12-10-8-6-4-2/h45,47,51-53,55-58,60-61,63-65H,3-44,46,48-50H2,1-2H3,(H,59,62)/b47-45+. The van der Waals surface area contributed by atoms with E-state index in [2.05, 4.69) is 19.2 Å². The van der Waals surface area contributed by atoms with Crippen molar-refractivity contribution in [3.8, 4) is 0 Å². The second-order valence-electron chi connectivity index (χ2n) is 20.8. The lowest BCUT2D eigenvalue weighted by Crippen LogP contribution is -2.60. The largest absolute Gasteiger partial charge is 0.394 e. The summed E-state index contributed by atoms with van der Waals surface area (Å²) in [5, 5.41) is 54.5. The fourth-order valence-electron chi connectivity index (χ4n) is 9.69. The van der Waals surface area contributed by atoms with E-state index in [9.17, 15) is 30.3 Å². The van der Waals surface area contributed by atoms with Crippen LogP contribution in [0, 0.1) is 0 Å². The van der Waals surface area contributed by atoms with Crippen LogP contribution in [-0.2, 0) is 14.3 Å². The van der Waals surface area contributed by atoms with Crippen molar-refractivity contribution in [3.63, 3.8) is 0 Å². The molecule has 1 rings (SSSR count). The van der Waals surface area contributed by atoms with Gasteiger partial charge < -0.3 is 40.3 Å². The van der Waals surface area contributed by atoms with E-state index in [1.807, 2.05) is 6.08 Å². The van der Waals surface area contributed by atoms with Gasteiger partial charge in [0.15, 0.2) is 6.29 Å². The Morgan fingerprint density at radius 3 is 1.16 bits per heavy atom. The highest BCUT2D eigenvalue weighted by Gasteiger charge is 2.44. The molecule has 1 fully saturated rings. The molecule has 1 saturated heterocycles. The molecule has 0 saturated carbocycles. The molecule has 6 N–H and O–H groups in total. The van der Waals surface area contributed by atoms with Crippen LogP contribution in [0.4, 0.5) is 0 Å². The lowest BCUT2D eigenvalue weighted by molar-refractivity contribution is -0.302. The first-order chi connectivity index (χ1) is 32.8. The van der Waals surface area contributed by atoms with E-state index in [0.717, 1.165) is 38.5 Å². The molecule has 9 nitrogen and oxygen atoms in total. The third kappa shape index (κ3) is 38.3. The molecule has 0 bridgehead atoms. The number of hydrogen-bond acceptors (Lipinski definition) is 8. The molecule has 1 amide bonds. The molecular weight excluding hydrogens is 839 g/mol. The molecule has 1 heterocycles. The van der Waals surface area contributed by atoms with Gasteiger partial charge in [-0.2, -0.15) is 0 Å². The summed E-state index contributed by atoms with van der Waals surface area (Å²) in [6, 6.07) is -0.800. The van der Waals surface area contributed by atoms with Crippen LogP contribution in [0.2, 0.25) is 0 Å². The third-order valence-electron chi connectivity index (χ3n) is 14.4. The van der Waals surface area contributed by atoms with Gasteiger partial charge in [0.05, 0.1) is 25.4 Å². The molecule has 0 aliphatic carbocycles. The fraction of sp³-hybridized carbons (Fsp3) is 0.948. The normalized spacial score (nSPS) is 19.7. The maximum absolute atomic E-state index is 13.1. The molecule has 1 aliphatic heterocycles. The fourth-order valence-corrected chi connectivity index (χ4v) is 9.69. The molecule has 67 heavy (non-hydrogen) atoms. The van der Waals surface area contributed by atoms with Crippen LogP contribution in [0.3, 0.4) is 0 Å². The highest BCUT2D eigenvalue weighted by Crippen LogP contribution is 2.23. The van der Waals surface area contributed by atoms with E-state index in [-0.39, 0.29) is 12.5 Å². The number of amides is 1. The van der Waals surface area contributed by atoms with E-state index < -0.39 is 49.5 Å². The molecule has 7 unspecified atom stereocenters. The molecule has 7 atom stereocenters. The van der Waals surface area contributed by atoms with Crippen LogP contribution in [0.1, 0.15) is 296 Å². The Bertz CT molecular complexity index is 1060. The van der Waals surface area contributed by atoms with Gasteiger partial charge in [-0.3, -0.25) is 4.79 Å². The summed E-state index contributed by atoms with van der Waals surface area (Å²) in [5.41, 5.74) is 0. The summed E-state index contributed by atoms with van der Waals surface area (Å²) in [6.45, 7) is 3.83. The van der Waals surface area contributed by atoms with Gasteiger partial charge in [0, 0.05) is 6.42 Å². The summed E-state index contributed by atoms with van der Waals surface area (Å²) in [5.74, 6) is -0.169. The quantitative estimate of drug-likeness (QED) is 0.0261. The zero-order chi connectivity index (χ0) is 48.7. The molecule has 0 aromatic heterocycles. The Hall–Kier alpha value is -1.07. The van der Waals surface area contributed by atoms with Gasteiger partial charge in [-0.1, -0.05) is 283 Å². The number of allylic oxidation sites excluding steroid dienone is 1.